The molecule has 4 nitrogen and oxygen atoms in total. The molecule has 0 aromatic carbocycles. The van der Waals surface area contributed by atoms with Crippen LogP contribution in [0.1, 0.15) is 32.4 Å². The fraction of sp³-hybridized carbons (Fsp3) is 0.812. The smallest absolute Gasteiger partial charge is 0.350 e. The van der Waals surface area contributed by atoms with E-state index in [1.54, 1.807) is 0 Å². The van der Waals surface area contributed by atoms with Crippen molar-refractivity contribution >= 4 is 5.95 Å². The molecule has 0 aliphatic rings. The van der Waals surface area contributed by atoms with Crippen molar-refractivity contribution in [1.82, 2.24) is 15.0 Å². The maximum absolute atomic E-state index is 14.2. The summed E-state index contributed by atoms with van der Waals surface area (Å²) < 4.78 is 271. The van der Waals surface area contributed by atoms with E-state index in [0.29, 0.717) is 0 Å². The third-order valence-electron chi connectivity index (χ3n) is 4.75. The number of nitrogens with zero attached hydrogens (tertiary/aromatic N) is 3. The summed E-state index contributed by atoms with van der Waals surface area (Å²) in [7, 11) is 0. The maximum atomic E-state index is 14.2. The molecule has 1 aromatic heterocycles. The van der Waals surface area contributed by atoms with Gasteiger partial charge in [0, 0.05) is 5.54 Å². The minimum absolute atomic E-state index is 0.742. The third-order valence-corrected chi connectivity index (χ3v) is 4.75. The van der Waals surface area contributed by atoms with Gasteiger partial charge in [-0.1, -0.05) is 0 Å². The molecule has 0 saturated carbocycles. The van der Waals surface area contributed by atoms with Crippen LogP contribution in [0.15, 0.2) is 0 Å². The molecule has 0 bridgehead atoms. The van der Waals surface area contributed by atoms with Crippen molar-refractivity contribution in [2.45, 2.75) is 80.1 Å². The number of hydrogen-bond donors (Lipinski definition) is 1. The Kier molecular flexibility index (Phi) is 8.16. The first-order valence-corrected chi connectivity index (χ1v) is 9.37. The Labute approximate surface area is 207 Å². The van der Waals surface area contributed by atoms with Gasteiger partial charge in [0.05, 0.1) is 0 Å². The van der Waals surface area contributed by atoms with Crippen molar-refractivity contribution in [2.75, 3.05) is 5.32 Å². The first kappa shape index (κ1) is 35.4. The Morgan fingerprint density at radius 2 is 0.675 bits per heavy atom. The zero-order valence-electron chi connectivity index (χ0n) is 18.9. The van der Waals surface area contributed by atoms with Gasteiger partial charge in [-0.15, -0.1) is 0 Å². The molecule has 1 rings (SSSR count). The molecule has 1 heterocycles. The molecule has 0 unspecified atom stereocenters. The van der Waals surface area contributed by atoms with Gasteiger partial charge >= 0.3 is 48.4 Å². The second-order valence-electron chi connectivity index (χ2n) is 8.74. The number of anilines is 1. The van der Waals surface area contributed by atoms with Crippen molar-refractivity contribution in [1.29, 1.82) is 0 Å². The summed E-state index contributed by atoms with van der Waals surface area (Å²) in [4.78, 5) is 5.04. The van der Waals surface area contributed by atoms with Gasteiger partial charge in [0.2, 0.25) is 5.95 Å². The minimum Gasteiger partial charge on any atom is -0.350 e. The number of aromatic nitrogens is 3. The minimum atomic E-state index is -8.27. The van der Waals surface area contributed by atoms with Crippen LogP contribution in [-0.2, 0) is 10.8 Å². The average molecular weight is 638 g/mol. The Morgan fingerprint density at radius 1 is 0.400 bits per heavy atom. The number of halogens is 20. The Morgan fingerprint density at radius 3 is 0.900 bits per heavy atom. The van der Waals surface area contributed by atoms with E-state index in [1.807, 2.05) is 9.97 Å². The summed E-state index contributed by atoms with van der Waals surface area (Å²) in [5, 5.41) is 1.33. The van der Waals surface area contributed by atoms with Crippen molar-refractivity contribution in [2.24, 2.45) is 0 Å². The van der Waals surface area contributed by atoms with E-state index in [4.69, 9.17) is 0 Å². The van der Waals surface area contributed by atoms with E-state index in [0.717, 1.165) is 20.8 Å². The van der Waals surface area contributed by atoms with Crippen molar-refractivity contribution in [3.8, 4) is 0 Å². The van der Waals surface area contributed by atoms with Crippen LogP contribution in [0, 0.1) is 0 Å². The van der Waals surface area contributed by atoms with Crippen LogP contribution in [0.5, 0.6) is 0 Å². The summed E-state index contributed by atoms with van der Waals surface area (Å²) in [6.07, 6.45) is -47.7. The van der Waals surface area contributed by atoms with Crippen LogP contribution in [-0.4, -0.2) is 63.5 Å². The first-order valence-electron chi connectivity index (χ1n) is 9.37. The predicted octanol–water partition coefficient (Wildman–Crippen LogP) is 7.57. The first-order chi connectivity index (χ1) is 17.0. The van der Waals surface area contributed by atoms with E-state index in [9.17, 15) is 87.8 Å². The Bertz CT molecular complexity index is 1010. The molecule has 0 saturated heterocycles. The molecule has 1 aromatic rings. The van der Waals surface area contributed by atoms with Gasteiger partial charge in [-0.25, -0.2) is 4.98 Å². The Balaban J connectivity index is 4.79. The van der Waals surface area contributed by atoms with Gasteiger partial charge < -0.3 is 5.32 Å². The molecule has 0 atom stereocenters. The lowest BCUT2D eigenvalue weighted by molar-refractivity contribution is -0.416. The fourth-order valence-electron chi connectivity index (χ4n) is 3.09. The summed E-state index contributed by atoms with van der Waals surface area (Å²) in [6, 6.07) is 0. The molecule has 0 radical (unpaired) electrons. The molecule has 234 valence electrons. The molecule has 1 N–H and O–H groups in total. The van der Waals surface area contributed by atoms with Gasteiger partial charge in [-0.05, 0) is 20.8 Å². The van der Waals surface area contributed by atoms with Crippen LogP contribution in [0.3, 0.4) is 0 Å². The molecule has 24 heteroatoms. The van der Waals surface area contributed by atoms with E-state index in [1.165, 1.54) is 10.3 Å². The van der Waals surface area contributed by atoms with Crippen LogP contribution in [0.2, 0.25) is 0 Å². The van der Waals surface area contributed by atoms with Gasteiger partial charge in [0.15, 0.2) is 11.6 Å². The lowest BCUT2D eigenvalue weighted by Gasteiger charge is -2.42. The summed E-state index contributed by atoms with van der Waals surface area (Å²) in [5.41, 5.74) is -17.6. The number of alkyl halides is 20. The van der Waals surface area contributed by atoms with E-state index in [-0.39, 0.29) is 0 Å². The quantitative estimate of drug-likeness (QED) is 0.346. The largest absolute Gasteiger partial charge is 0.455 e. The molecule has 0 aliphatic heterocycles. The van der Waals surface area contributed by atoms with Gasteiger partial charge in [0.1, 0.15) is 0 Å². The van der Waals surface area contributed by atoms with Gasteiger partial charge in [0.25, 0.3) is 5.41 Å². The number of nitrogens with one attached hydrogen (secondary N) is 1. The standard InChI is InChI=1S/C16H10F20N4/c1-7(2,3)40-6-38-4(8(11(19,20)21,12(22,23)24)10(17,18)16(34,35)36)37-5(39-6)9(13(25,26)27,14(28,29)30)15(31,32)33/h1-3H3,(H,37,38,39,40). The average Bonchev–Trinajstić information content (AvgIpc) is 2.52. The Hall–Kier alpha value is -2.59. The zero-order chi connectivity index (χ0) is 32.6. The highest BCUT2D eigenvalue weighted by atomic mass is 19.4. The second kappa shape index (κ2) is 9.21. The third kappa shape index (κ3) is 5.24. The predicted molar refractivity (Wildman–Crippen MR) is 87.8 cm³/mol. The monoisotopic (exact) mass is 638 g/mol. The van der Waals surface area contributed by atoms with Crippen LogP contribution in [0.25, 0.3) is 0 Å². The molecular formula is C16H10F20N4. The SMILES string of the molecule is CC(C)(C)Nc1nc(C(C(F)(F)F)(C(F)(F)F)C(F)(F)F)nc(C(C(F)(F)F)(C(F)(F)F)C(F)(F)C(F)(F)F)n1. The highest BCUT2D eigenvalue weighted by Gasteiger charge is 2.92. The van der Waals surface area contributed by atoms with Crippen LogP contribution in [0.4, 0.5) is 93.8 Å². The second-order valence-corrected chi connectivity index (χ2v) is 8.74. The maximum Gasteiger partial charge on any atom is 0.455 e. The molecular weight excluding hydrogens is 628 g/mol. The molecule has 0 aliphatic carbocycles. The number of rotatable bonds is 4. The molecule has 0 spiro atoms. The highest BCUT2D eigenvalue weighted by Crippen LogP contribution is 2.64. The highest BCUT2D eigenvalue weighted by molar-refractivity contribution is 5.36. The molecule has 0 amide bonds. The lowest BCUT2D eigenvalue weighted by Crippen LogP contribution is -2.70. The van der Waals surface area contributed by atoms with E-state index >= 15 is 0 Å². The topological polar surface area (TPSA) is 50.7 Å². The molecule has 0 fully saturated rings. The number of hydrogen-bond acceptors (Lipinski definition) is 4. The van der Waals surface area contributed by atoms with Crippen LogP contribution >= 0.6 is 0 Å². The molecule has 40 heavy (non-hydrogen) atoms. The fourth-order valence-corrected chi connectivity index (χ4v) is 3.09. The summed E-state index contributed by atoms with van der Waals surface area (Å²) in [6.45, 7) is 2.23. The van der Waals surface area contributed by atoms with E-state index < -0.39 is 76.9 Å². The zero-order valence-corrected chi connectivity index (χ0v) is 18.9. The summed E-state index contributed by atoms with van der Waals surface area (Å²) >= 11 is 0. The lowest BCUT2D eigenvalue weighted by atomic mass is 9.77. The summed E-state index contributed by atoms with van der Waals surface area (Å²) in [5.74, 6) is -19.3. The van der Waals surface area contributed by atoms with E-state index in [2.05, 4.69) is 0 Å². The van der Waals surface area contributed by atoms with Gasteiger partial charge in [-0.2, -0.15) is 97.8 Å². The van der Waals surface area contributed by atoms with Crippen molar-refractivity contribution in [3.05, 3.63) is 11.6 Å². The normalized spacial score (nSPS) is 15.9. The van der Waals surface area contributed by atoms with Crippen molar-refractivity contribution < 1.29 is 87.8 Å². The van der Waals surface area contributed by atoms with Crippen molar-refractivity contribution in [3.63, 3.8) is 0 Å². The van der Waals surface area contributed by atoms with Gasteiger partial charge in [-0.3, -0.25) is 0 Å². The van der Waals surface area contributed by atoms with Crippen LogP contribution < -0.4 is 5.32 Å².